The quantitative estimate of drug-likeness (QED) is 0.0269. The number of carbonyl (C=O) groups is 11. The van der Waals surface area contributed by atoms with Crippen LogP contribution in [0.4, 0.5) is 0 Å². The molecular formula is C81H130N6O63. The number of amides is 6. The third-order valence-corrected chi connectivity index (χ3v) is 26.3. The average Bonchev–Trinajstić information content (AvgIpc) is 0.737. The SMILES string of the molecule is CC(=O)N[C@H]1[C@H](O[C@@H]2[C@H](O[C@]3(C(=O)O)C[C@H](O)[C@@H](NC(=O)CO)[C@H]([C@H](O)[C@@H](CO)O[C@]4(C(=O)O)C[C@H](O)[C@@H](NC(C)=O)[C@H]([C@H](O)[C@@H](CO)O[C@]5(C(=O)O)C[C@H](O)[C@@H](NC(C)=O)[C@H]([C@H](O)[C@H](O)CO)O5)O4)O3)[C@@H](O)[C@H](O[C@H]3[C@H](O)[C@@H](O)[C@H](O)O[C@@H]3CO)O[C@@H]2CO)O[C@H](CO)[C@H](O)[C@@H]1O[C@@H]1O[C@H](CO)[C@H](O)[C@H](O[C@]2(C(=O)O)C[C@H](O)[C@@H](NC(=O)CO)[C@H]([C@H](O)[C@@H](CO)O[C@]3(C(=O)O)C[C@H](O)[C@@H](NC(C)=O)[C@H]([C@H](O)[C@H](O)CO)O3)O2)[C@H]1O. The number of hydrogen-bond acceptors (Lipinski definition) is 58. The van der Waals surface area contributed by atoms with Crippen molar-refractivity contribution in [1.29, 1.82) is 0 Å². The van der Waals surface area contributed by atoms with Gasteiger partial charge in [-0.3, -0.25) is 28.8 Å². The molecule has 69 nitrogen and oxygen atoms in total. The Morgan fingerprint density at radius 3 is 0.867 bits per heavy atom. The first-order chi connectivity index (χ1) is 70.3. The second-order valence-corrected chi connectivity index (χ2v) is 36.8. The Hall–Kier alpha value is -7.71. The van der Waals surface area contributed by atoms with E-state index in [9.17, 15) is 231 Å². The van der Waals surface area contributed by atoms with Crippen LogP contribution in [0, 0.1) is 0 Å². The van der Waals surface area contributed by atoms with Crippen LogP contribution in [0.25, 0.3) is 0 Å². The lowest BCUT2D eigenvalue weighted by molar-refractivity contribution is -0.405. The normalized spacial score (nSPS) is 41.5. The van der Waals surface area contributed by atoms with Crippen molar-refractivity contribution < 1.29 is 312 Å². The van der Waals surface area contributed by atoms with E-state index in [1.807, 2.05) is 10.6 Å². The van der Waals surface area contributed by atoms with Crippen molar-refractivity contribution in [2.75, 3.05) is 72.7 Å². The fourth-order valence-electron chi connectivity index (χ4n) is 18.9. The zero-order chi connectivity index (χ0) is 112. The minimum absolute atomic E-state index is 0.704. The minimum Gasteiger partial charge on any atom is -0.477 e. The van der Waals surface area contributed by atoms with Gasteiger partial charge in [-0.25, -0.2) is 24.0 Å². The molecule has 150 heavy (non-hydrogen) atoms. The van der Waals surface area contributed by atoms with Crippen LogP contribution < -0.4 is 31.9 Å². The predicted octanol–water partition coefficient (Wildman–Crippen LogP) is -25.8. The summed E-state index contributed by atoms with van der Waals surface area (Å²) in [7, 11) is 0. The highest BCUT2D eigenvalue weighted by molar-refractivity contribution is 5.81. The van der Waals surface area contributed by atoms with Gasteiger partial charge in [0, 0.05) is 59.8 Å². The van der Waals surface area contributed by atoms with E-state index in [2.05, 4.69) is 21.3 Å². The zero-order valence-corrected chi connectivity index (χ0v) is 79.4. The topological polar surface area (TPSA) is 1120 Å². The molecule has 9 heterocycles. The Balaban J connectivity index is 1.10. The van der Waals surface area contributed by atoms with Crippen molar-refractivity contribution in [3.05, 3.63) is 0 Å². The van der Waals surface area contributed by atoms with Gasteiger partial charge in [0.15, 0.2) is 25.2 Å². The van der Waals surface area contributed by atoms with Crippen LogP contribution in [0.3, 0.4) is 0 Å². The van der Waals surface area contributed by atoms with Gasteiger partial charge in [-0.1, -0.05) is 0 Å². The molecular weight excluding hydrogens is 2060 g/mol. The van der Waals surface area contributed by atoms with Gasteiger partial charge >= 0.3 is 29.8 Å². The molecule has 6 amide bonds. The molecule has 41 N–H and O–H groups in total. The molecule has 0 saturated carbocycles. The van der Waals surface area contributed by atoms with Crippen molar-refractivity contribution in [2.45, 2.75) is 364 Å². The van der Waals surface area contributed by atoms with Crippen LogP contribution in [0.15, 0.2) is 0 Å². The number of nitrogens with one attached hydrogen (secondary N) is 6. The Morgan fingerprint density at radius 1 is 0.287 bits per heavy atom. The summed E-state index contributed by atoms with van der Waals surface area (Å²) >= 11 is 0. The number of carbonyl (C=O) groups excluding carboxylic acids is 6. The van der Waals surface area contributed by atoms with E-state index in [1.54, 1.807) is 0 Å². The number of ether oxygens (including phenoxy) is 17. The Labute approximate surface area is 843 Å². The summed E-state index contributed by atoms with van der Waals surface area (Å²) in [6, 6.07) is -13.3. The molecule has 50 atom stereocenters. The third kappa shape index (κ3) is 27.4. The van der Waals surface area contributed by atoms with Gasteiger partial charge in [-0.15, -0.1) is 0 Å². The molecule has 9 aliphatic rings. The van der Waals surface area contributed by atoms with Gasteiger partial charge in [0.2, 0.25) is 35.4 Å². The number of rotatable bonds is 48. The maximum atomic E-state index is 14.6. The molecule has 0 aromatic heterocycles. The highest BCUT2D eigenvalue weighted by atomic mass is 16.8. The smallest absolute Gasteiger partial charge is 0.364 e. The first kappa shape index (κ1) is 126. The number of carboxylic acid groups (broad SMARTS) is 5. The molecule has 9 saturated heterocycles. The maximum absolute atomic E-state index is 14.6. The van der Waals surface area contributed by atoms with E-state index in [0.29, 0.717) is 6.92 Å². The van der Waals surface area contributed by atoms with Gasteiger partial charge in [0.1, 0.15) is 202 Å². The average molecular weight is 2200 g/mol. The Kier molecular flexibility index (Phi) is 44.3. The first-order valence-corrected chi connectivity index (χ1v) is 46.1. The van der Waals surface area contributed by atoms with E-state index < -0.39 is 474 Å². The van der Waals surface area contributed by atoms with Crippen LogP contribution in [0.5, 0.6) is 0 Å². The van der Waals surface area contributed by atoms with E-state index in [4.69, 9.17) is 80.5 Å². The van der Waals surface area contributed by atoms with E-state index in [-0.39, 0.29) is 0 Å². The van der Waals surface area contributed by atoms with Crippen molar-refractivity contribution in [2.24, 2.45) is 0 Å². The second-order valence-electron chi connectivity index (χ2n) is 36.8. The maximum Gasteiger partial charge on any atom is 0.364 e. The van der Waals surface area contributed by atoms with Gasteiger partial charge in [-0.2, -0.15) is 0 Å². The summed E-state index contributed by atoms with van der Waals surface area (Å²) in [5.41, 5.74) is 0. The second kappa shape index (κ2) is 52.9. The van der Waals surface area contributed by atoms with E-state index in [1.165, 1.54) is 0 Å². The lowest BCUT2D eigenvalue weighted by atomic mass is 9.86. The lowest BCUT2D eigenvalue weighted by Crippen LogP contribution is -2.73. The van der Waals surface area contributed by atoms with Crippen LogP contribution >= 0.6 is 0 Å². The van der Waals surface area contributed by atoms with Crippen molar-refractivity contribution in [1.82, 2.24) is 31.9 Å². The monoisotopic (exact) mass is 2190 g/mol. The third-order valence-electron chi connectivity index (χ3n) is 26.3. The van der Waals surface area contributed by atoms with Gasteiger partial charge in [0.05, 0.1) is 120 Å². The molecule has 0 aromatic rings. The fourth-order valence-corrected chi connectivity index (χ4v) is 18.9. The number of aliphatic hydroxyl groups is 30. The molecule has 0 aromatic carbocycles. The summed E-state index contributed by atoms with van der Waals surface area (Å²) in [6.07, 6.45) is -109. The molecule has 0 aliphatic carbocycles. The summed E-state index contributed by atoms with van der Waals surface area (Å²) in [5.74, 6) is -38.4. The van der Waals surface area contributed by atoms with Crippen molar-refractivity contribution in [3.63, 3.8) is 0 Å². The predicted molar refractivity (Wildman–Crippen MR) is 455 cm³/mol. The van der Waals surface area contributed by atoms with E-state index in [0.717, 1.165) is 20.8 Å². The molecule has 9 fully saturated rings. The molecule has 9 aliphatic heterocycles. The first-order valence-electron chi connectivity index (χ1n) is 46.1. The summed E-state index contributed by atoms with van der Waals surface area (Å²) in [6.45, 7) is -13.7. The standard InChI is InChI=1S/C81H130N6O63/c1-21(99)82-41-25(103)5-77(72(124)125,144-61(41)47(112)30(108)10-88)141-34(14-92)51(116)63-43(84-23(3)101)27(105)7-79(146-63,74(128)129)143-36(16-94)53(118)65-45(87-40(111)20-98)29(107)9-81(148-65,76(132)133)150-67-57(122)71(138-58-37(17-95)134-68(123)55(120)54(58)119)137-38(18-96)59(67)139-69-46(85-24(4)102)60(49(114)32(12-90)135-69)140-70-56(121)66(50(115)33(13-91)136-70)149-80(75(130)131)8-28(106)44(86-39(110)19-97)64(147-80)52(117)35(15-93)142-78(73(126)127)6-26(104)42(83-22(2)100)62(145-78)48(113)31(109)11-89/h25-38,41-71,88-98,103-109,112-123H,5-20H2,1-4H3,(H,82,99)(H,83,100)(H,84,101)(H,85,102)(H,86,110)(H,87,111)(H,124,125)(H,126,127)(H,128,129)(H,130,131)(H,132,133)/t25-,26-,27-,28-,29-,30+,31+,32+,33+,34+,35+,36+,37+,38+,41+,42+,43+,44+,45+,46+,47+,48+,49-,50-,51+,52+,53+,54+,55+,56+,57+,58+,59-,60+,61+,62+,63+,64+,65+,66-,67+,68+,69-,70-,71-,77+,78+,79+,80-,81-/m0/s1. The van der Waals surface area contributed by atoms with Crippen LogP contribution in [-0.2, 0) is 133 Å². The van der Waals surface area contributed by atoms with Crippen LogP contribution in [0.1, 0.15) is 59.8 Å². The highest BCUT2D eigenvalue weighted by Crippen LogP contribution is 2.47. The van der Waals surface area contributed by atoms with Crippen molar-refractivity contribution in [3.8, 4) is 0 Å². The Bertz CT molecular complexity index is 4490. The molecule has 69 heteroatoms. The zero-order valence-electron chi connectivity index (χ0n) is 79.4. The number of carboxylic acids is 5. The van der Waals surface area contributed by atoms with Gasteiger partial charge in [-0.05, 0) is 0 Å². The summed E-state index contributed by atoms with van der Waals surface area (Å²) < 4.78 is 99.0. The van der Waals surface area contributed by atoms with Crippen molar-refractivity contribution >= 4 is 65.3 Å². The van der Waals surface area contributed by atoms with Gasteiger partial charge in [0.25, 0.3) is 28.9 Å². The van der Waals surface area contributed by atoms with E-state index >= 15 is 0 Å². The molecule has 0 radical (unpaired) electrons. The minimum atomic E-state index is -4.03. The number of hydrogen-bond donors (Lipinski definition) is 41. The summed E-state index contributed by atoms with van der Waals surface area (Å²) in [5, 5.41) is 407. The molecule has 9 rings (SSSR count). The largest absolute Gasteiger partial charge is 0.477 e. The van der Waals surface area contributed by atoms with Crippen LogP contribution in [0.2, 0.25) is 0 Å². The molecule has 0 unspecified atom stereocenters. The summed E-state index contributed by atoms with van der Waals surface area (Å²) in [4.78, 5) is 147. The Morgan fingerprint density at radius 2 is 0.553 bits per heavy atom. The highest BCUT2D eigenvalue weighted by Gasteiger charge is 2.69. The number of aliphatic hydroxyl groups excluding tert-OH is 30. The molecule has 0 spiro atoms. The van der Waals surface area contributed by atoms with Crippen LogP contribution in [-0.4, -0.2) is 621 Å². The lowest BCUT2D eigenvalue weighted by Gasteiger charge is -2.53. The molecule has 862 valence electrons. The van der Waals surface area contributed by atoms with Gasteiger partial charge < -0.3 is 291 Å². The number of aliphatic carboxylic acids is 5. The molecule has 0 bridgehead atoms. The fraction of sp³-hybridized carbons (Fsp3) is 0.864.